The molecule has 0 saturated carbocycles. The lowest BCUT2D eigenvalue weighted by atomic mass is 10.2. The molecule has 1 saturated heterocycles. The molecule has 0 radical (unpaired) electrons. The van der Waals surface area contributed by atoms with Gasteiger partial charge in [-0.1, -0.05) is 0 Å². The van der Waals surface area contributed by atoms with Crippen LogP contribution in [0.1, 0.15) is 0 Å². The number of hydrogen-bond acceptors (Lipinski definition) is 4. The fraction of sp³-hybridized carbons (Fsp3) is 0.417. The van der Waals surface area contributed by atoms with Crippen LogP contribution in [-0.2, 0) is 9.53 Å². The Morgan fingerprint density at radius 2 is 2.33 bits per heavy atom. The third-order valence-corrected chi connectivity index (χ3v) is 2.68. The van der Waals surface area contributed by atoms with E-state index < -0.39 is 5.82 Å². The summed E-state index contributed by atoms with van der Waals surface area (Å²) in [5.41, 5.74) is 0.837. The minimum atomic E-state index is -0.444. The molecule has 1 fully saturated rings. The van der Waals surface area contributed by atoms with Crippen molar-refractivity contribution >= 4 is 17.3 Å². The first-order valence-corrected chi connectivity index (χ1v) is 5.75. The average molecular weight is 254 g/mol. The summed E-state index contributed by atoms with van der Waals surface area (Å²) in [6.07, 6.45) is 0. The number of anilines is 2. The lowest BCUT2D eigenvalue weighted by Gasteiger charge is -2.27. The van der Waals surface area contributed by atoms with E-state index in [2.05, 4.69) is 5.32 Å². The summed E-state index contributed by atoms with van der Waals surface area (Å²) >= 11 is 0. The highest BCUT2D eigenvalue weighted by atomic mass is 19.1. The maximum Gasteiger partial charge on any atom is 0.253 e. The molecular formula is C12H15FN2O3. The smallest absolute Gasteiger partial charge is 0.253 e. The SMILES string of the molecule is O=C1COCCN1c1ccc(NCCO)c(F)c1. The number of hydrogen-bond donors (Lipinski definition) is 2. The standard InChI is InChI=1S/C12H15FN2O3/c13-10-7-9(1-2-11(10)14-3-5-16)15-4-6-18-8-12(15)17/h1-2,7,14,16H,3-6,8H2. The second-order valence-corrected chi connectivity index (χ2v) is 3.91. The second-order valence-electron chi connectivity index (χ2n) is 3.91. The number of carbonyl (C=O) groups excluding carboxylic acids is 1. The molecule has 1 aliphatic rings. The van der Waals surface area contributed by atoms with Crippen molar-refractivity contribution < 1.29 is 19.0 Å². The summed E-state index contributed by atoms with van der Waals surface area (Å²) < 4.78 is 18.8. The third kappa shape index (κ3) is 2.77. The van der Waals surface area contributed by atoms with E-state index in [1.54, 1.807) is 12.1 Å². The molecule has 0 aliphatic carbocycles. The molecule has 5 nitrogen and oxygen atoms in total. The van der Waals surface area contributed by atoms with Crippen LogP contribution in [0.3, 0.4) is 0 Å². The Morgan fingerprint density at radius 3 is 3.00 bits per heavy atom. The molecule has 18 heavy (non-hydrogen) atoms. The number of benzene rings is 1. The molecule has 1 aromatic rings. The Bertz CT molecular complexity index is 439. The van der Waals surface area contributed by atoms with E-state index in [1.807, 2.05) is 0 Å². The molecule has 1 amide bonds. The molecular weight excluding hydrogens is 239 g/mol. The summed E-state index contributed by atoms with van der Waals surface area (Å²) in [6, 6.07) is 4.54. The molecule has 0 aromatic heterocycles. The topological polar surface area (TPSA) is 61.8 Å². The summed E-state index contributed by atoms with van der Waals surface area (Å²) in [6.45, 7) is 1.14. The molecule has 0 atom stereocenters. The van der Waals surface area contributed by atoms with Gasteiger partial charge in [-0.3, -0.25) is 4.79 Å². The van der Waals surface area contributed by atoms with Gasteiger partial charge in [-0.2, -0.15) is 0 Å². The van der Waals surface area contributed by atoms with Gasteiger partial charge >= 0.3 is 0 Å². The van der Waals surface area contributed by atoms with Crippen LogP contribution in [-0.4, -0.2) is 43.9 Å². The Balaban J connectivity index is 2.14. The molecule has 2 N–H and O–H groups in total. The zero-order valence-corrected chi connectivity index (χ0v) is 9.86. The molecule has 2 rings (SSSR count). The van der Waals surface area contributed by atoms with Crippen LogP contribution in [0, 0.1) is 5.82 Å². The van der Waals surface area contributed by atoms with E-state index in [0.29, 0.717) is 24.5 Å². The first-order chi connectivity index (χ1) is 8.72. The van der Waals surface area contributed by atoms with Gasteiger partial charge in [0.2, 0.25) is 0 Å². The predicted octanol–water partition coefficient (Wildman–Crippen LogP) is 0.593. The maximum absolute atomic E-state index is 13.7. The zero-order chi connectivity index (χ0) is 13.0. The van der Waals surface area contributed by atoms with Crippen molar-refractivity contribution in [1.82, 2.24) is 0 Å². The highest BCUT2D eigenvalue weighted by molar-refractivity contribution is 5.95. The van der Waals surface area contributed by atoms with Crippen LogP contribution in [0.25, 0.3) is 0 Å². The quantitative estimate of drug-likeness (QED) is 0.825. The number of morpholine rings is 1. The van der Waals surface area contributed by atoms with Crippen molar-refractivity contribution in [1.29, 1.82) is 0 Å². The van der Waals surface area contributed by atoms with Gasteiger partial charge in [0.25, 0.3) is 5.91 Å². The number of nitrogens with zero attached hydrogens (tertiary/aromatic N) is 1. The minimum absolute atomic E-state index is 0.0339. The fourth-order valence-electron chi connectivity index (χ4n) is 1.80. The Kier molecular flexibility index (Phi) is 4.11. The Hall–Kier alpha value is -1.66. The monoisotopic (exact) mass is 254 g/mol. The lowest BCUT2D eigenvalue weighted by molar-refractivity contribution is -0.125. The fourth-order valence-corrected chi connectivity index (χ4v) is 1.80. The van der Waals surface area contributed by atoms with Gasteiger partial charge in [-0.05, 0) is 18.2 Å². The Labute approximate surface area is 104 Å². The van der Waals surface area contributed by atoms with Crippen molar-refractivity contribution in [3.8, 4) is 0 Å². The first kappa shape index (κ1) is 12.8. The van der Waals surface area contributed by atoms with Gasteiger partial charge in [0.15, 0.2) is 0 Å². The number of carbonyl (C=O) groups is 1. The molecule has 1 aromatic carbocycles. The lowest BCUT2D eigenvalue weighted by Crippen LogP contribution is -2.41. The number of ether oxygens (including phenoxy) is 1. The summed E-state index contributed by atoms with van der Waals surface area (Å²) in [7, 11) is 0. The molecule has 6 heteroatoms. The van der Waals surface area contributed by atoms with Gasteiger partial charge in [-0.25, -0.2) is 4.39 Å². The van der Waals surface area contributed by atoms with E-state index in [-0.39, 0.29) is 25.7 Å². The molecule has 1 aliphatic heterocycles. The van der Waals surface area contributed by atoms with Crippen molar-refractivity contribution in [2.24, 2.45) is 0 Å². The molecule has 98 valence electrons. The number of aliphatic hydroxyl groups is 1. The number of aliphatic hydroxyl groups excluding tert-OH is 1. The van der Waals surface area contributed by atoms with Crippen LogP contribution in [0.2, 0.25) is 0 Å². The molecule has 0 spiro atoms. The summed E-state index contributed by atoms with van der Waals surface area (Å²) in [5, 5.41) is 11.4. The van der Waals surface area contributed by atoms with Gasteiger partial charge in [0.1, 0.15) is 12.4 Å². The Morgan fingerprint density at radius 1 is 1.50 bits per heavy atom. The van der Waals surface area contributed by atoms with E-state index >= 15 is 0 Å². The molecule has 1 heterocycles. The minimum Gasteiger partial charge on any atom is -0.395 e. The normalized spacial score (nSPS) is 15.9. The van der Waals surface area contributed by atoms with E-state index in [0.717, 1.165) is 0 Å². The van der Waals surface area contributed by atoms with Gasteiger partial charge < -0.3 is 20.1 Å². The van der Waals surface area contributed by atoms with Crippen LogP contribution in [0.5, 0.6) is 0 Å². The van der Waals surface area contributed by atoms with Crippen LogP contribution in [0.15, 0.2) is 18.2 Å². The largest absolute Gasteiger partial charge is 0.395 e. The van der Waals surface area contributed by atoms with Crippen LogP contribution >= 0.6 is 0 Å². The summed E-state index contributed by atoms with van der Waals surface area (Å²) in [4.78, 5) is 13.1. The van der Waals surface area contributed by atoms with Gasteiger partial charge in [-0.15, -0.1) is 0 Å². The maximum atomic E-state index is 13.7. The van der Waals surface area contributed by atoms with Gasteiger partial charge in [0, 0.05) is 18.8 Å². The van der Waals surface area contributed by atoms with Crippen molar-refractivity contribution in [2.45, 2.75) is 0 Å². The van der Waals surface area contributed by atoms with E-state index in [1.165, 1.54) is 11.0 Å². The van der Waals surface area contributed by atoms with Crippen molar-refractivity contribution in [3.05, 3.63) is 24.0 Å². The molecule has 0 bridgehead atoms. The average Bonchev–Trinajstić information content (AvgIpc) is 2.38. The predicted molar refractivity (Wildman–Crippen MR) is 65.1 cm³/mol. The number of nitrogens with one attached hydrogen (secondary N) is 1. The third-order valence-electron chi connectivity index (χ3n) is 2.68. The number of rotatable bonds is 4. The van der Waals surface area contributed by atoms with Crippen molar-refractivity contribution in [2.75, 3.05) is 43.1 Å². The summed E-state index contributed by atoms with van der Waals surface area (Å²) in [5.74, 6) is -0.614. The second kappa shape index (κ2) is 5.79. The van der Waals surface area contributed by atoms with E-state index in [4.69, 9.17) is 9.84 Å². The van der Waals surface area contributed by atoms with Gasteiger partial charge in [0.05, 0.1) is 18.9 Å². The number of amides is 1. The van der Waals surface area contributed by atoms with Crippen molar-refractivity contribution in [3.63, 3.8) is 0 Å². The van der Waals surface area contributed by atoms with E-state index in [9.17, 15) is 9.18 Å². The van der Waals surface area contributed by atoms with Crippen LogP contribution < -0.4 is 10.2 Å². The highest BCUT2D eigenvalue weighted by Crippen LogP contribution is 2.23. The van der Waals surface area contributed by atoms with Crippen LogP contribution in [0.4, 0.5) is 15.8 Å². The highest BCUT2D eigenvalue weighted by Gasteiger charge is 2.20. The number of halogens is 1. The zero-order valence-electron chi connectivity index (χ0n) is 9.86. The molecule has 0 unspecified atom stereocenters. The first-order valence-electron chi connectivity index (χ1n) is 5.75.